The van der Waals surface area contributed by atoms with Gasteiger partial charge in [-0.2, -0.15) is 0 Å². The zero-order valence-electron chi connectivity index (χ0n) is 13.4. The fourth-order valence-electron chi connectivity index (χ4n) is 3.29. The Balaban J connectivity index is 2.00. The predicted molar refractivity (Wildman–Crippen MR) is 88.2 cm³/mol. The molecule has 2 aromatic rings. The van der Waals surface area contributed by atoms with Crippen molar-refractivity contribution in [2.75, 3.05) is 6.54 Å². The molecule has 3 rings (SSSR count). The first-order valence-electron chi connectivity index (χ1n) is 7.98. The zero-order chi connectivity index (χ0) is 16.4. The van der Waals surface area contributed by atoms with E-state index >= 15 is 0 Å². The molecular weight excluding hydrogens is 290 g/mol. The Morgan fingerprint density at radius 1 is 1.30 bits per heavy atom. The molecule has 1 aliphatic rings. The lowest BCUT2D eigenvalue weighted by atomic mass is 10.0. The van der Waals surface area contributed by atoms with Gasteiger partial charge in [-0.25, -0.2) is 9.78 Å². The molecule has 1 aliphatic heterocycles. The summed E-state index contributed by atoms with van der Waals surface area (Å²) in [6.45, 7) is 5.45. The molecule has 0 unspecified atom stereocenters. The van der Waals surface area contributed by atoms with Crippen LogP contribution in [0.4, 0.5) is 0 Å². The van der Waals surface area contributed by atoms with Gasteiger partial charge in [-0.15, -0.1) is 0 Å². The first kappa shape index (κ1) is 15.6. The molecule has 2 heterocycles. The summed E-state index contributed by atoms with van der Waals surface area (Å²) in [6.07, 6.45) is 5.66. The van der Waals surface area contributed by atoms with Crippen molar-refractivity contribution in [3.63, 3.8) is 0 Å². The second-order valence-corrected chi connectivity index (χ2v) is 6.17. The second-order valence-electron chi connectivity index (χ2n) is 6.17. The van der Waals surface area contributed by atoms with Crippen molar-refractivity contribution in [2.45, 2.75) is 38.8 Å². The van der Waals surface area contributed by atoms with Crippen LogP contribution in [-0.4, -0.2) is 38.5 Å². The highest BCUT2D eigenvalue weighted by Crippen LogP contribution is 2.33. The molecule has 1 atom stereocenters. The smallest absolute Gasteiger partial charge is 0.336 e. The van der Waals surface area contributed by atoms with Crippen LogP contribution < -0.4 is 0 Å². The molecule has 1 N–H and O–H groups in total. The van der Waals surface area contributed by atoms with E-state index in [1.807, 2.05) is 6.07 Å². The first-order valence-corrected chi connectivity index (χ1v) is 7.98. The van der Waals surface area contributed by atoms with Crippen molar-refractivity contribution >= 4 is 5.97 Å². The normalized spacial score (nSPS) is 18.5. The molecule has 23 heavy (non-hydrogen) atoms. The van der Waals surface area contributed by atoms with E-state index in [9.17, 15) is 9.90 Å². The molecule has 0 radical (unpaired) electrons. The maximum absolute atomic E-state index is 11.4. The Labute approximate surface area is 136 Å². The van der Waals surface area contributed by atoms with Crippen molar-refractivity contribution in [2.24, 2.45) is 0 Å². The third-order valence-electron chi connectivity index (χ3n) is 4.39. The maximum Gasteiger partial charge on any atom is 0.336 e. The van der Waals surface area contributed by atoms with E-state index in [0.29, 0.717) is 17.3 Å². The van der Waals surface area contributed by atoms with E-state index in [0.717, 1.165) is 25.1 Å². The summed E-state index contributed by atoms with van der Waals surface area (Å²) in [4.78, 5) is 22.9. The number of carboxylic acids is 1. The van der Waals surface area contributed by atoms with Gasteiger partial charge in [0.15, 0.2) is 0 Å². The number of nitrogens with zero attached hydrogens (tertiary/aromatic N) is 3. The summed E-state index contributed by atoms with van der Waals surface area (Å²) >= 11 is 0. The van der Waals surface area contributed by atoms with Gasteiger partial charge in [0.1, 0.15) is 0 Å². The van der Waals surface area contributed by atoms with Gasteiger partial charge in [0.05, 0.1) is 35.4 Å². The summed E-state index contributed by atoms with van der Waals surface area (Å²) in [5.74, 6) is -0.947. The third-order valence-corrected chi connectivity index (χ3v) is 4.39. The molecular formula is C18H21N3O2. The summed E-state index contributed by atoms with van der Waals surface area (Å²) in [7, 11) is 0. The Kier molecular flexibility index (Phi) is 4.39. The van der Waals surface area contributed by atoms with E-state index < -0.39 is 5.97 Å². The minimum atomic E-state index is -0.947. The molecule has 0 amide bonds. The van der Waals surface area contributed by atoms with Crippen LogP contribution in [0.1, 0.15) is 48.8 Å². The van der Waals surface area contributed by atoms with Gasteiger partial charge in [-0.3, -0.25) is 9.88 Å². The van der Waals surface area contributed by atoms with Crippen molar-refractivity contribution < 1.29 is 9.90 Å². The second kappa shape index (κ2) is 6.46. The summed E-state index contributed by atoms with van der Waals surface area (Å²) in [5.41, 5.74) is 2.42. The van der Waals surface area contributed by atoms with E-state index in [2.05, 4.69) is 23.7 Å². The molecule has 0 aliphatic carbocycles. The van der Waals surface area contributed by atoms with Crippen LogP contribution in [0.15, 0.2) is 36.7 Å². The third kappa shape index (κ3) is 3.10. The monoisotopic (exact) mass is 311 g/mol. The van der Waals surface area contributed by atoms with Gasteiger partial charge in [0, 0.05) is 11.6 Å². The lowest BCUT2D eigenvalue weighted by Crippen LogP contribution is -2.30. The maximum atomic E-state index is 11.4. The molecule has 5 heteroatoms. The number of carboxylic acid groups (broad SMARTS) is 1. The minimum absolute atomic E-state index is 0.256. The van der Waals surface area contributed by atoms with Gasteiger partial charge < -0.3 is 5.11 Å². The molecule has 120 valence electrons. The Morgan fingerprint density at radius 2 is 2.09 bits per heavy atom. The number of rotatable bonds is 4. The predicted octanol–water partition coefficient (Wildman–Crippen LogP) is 3.39. The van der Waals surface area contributed by atoms with E-state index in [-0.39, 0.29) is 11.6 Å². The lowest BCUT2D eigenvalue weighted by molar-refractivity contribution is 0.0697. The Bertz CT molecular complexity index is 715. The van der Waals surface area contributed by atoms with Crippen LogP contribution in [0.25, 0.3) is 11.3 Å². The number of hydrogen-bond donors (Lipinski definition) is 1. The average molecular weight is 311 g/mol. The zero-order valence-corrected chi connectivity index (χ0v) is 13.4. The Hall–Kier alpha value is -2.27. The molecule has 5 nitrogen and oxygen atoms in total. The van der Waals surface area contributed by atoms with Crippen molar-refractivity contribution in [3.05, 3.63) is 47.9 Å². The van der Waals surface area contributed by atoms with E-state index in [1.54, 1.807) is 30.6 Å². The first-order chi connectivity index (χ1) is 11.1. The molecule has 0 saturated carbocycles. The standard InChI is InChI=1S/C18H21N3O2/c1-12(2)21-9-5-8-17(21)16-11-19-10-15(20-16)13-6-3-4-7-14(13)18(22)23/h3-4,6-7,10-12,17H,5,8-9H2,1-2H3,(H,22,23)/t17-/m0/s1. The molecule has 1 fully saturated rings. The molecule has 1 saturated heterocycles. The van der Waals surface area contributed by atoms with Gasteiger partial charge in [-0.05, 0) is 39.3 Å². The van der Waals surface area contributed by atoms with Crippen LogP contribution in [0.3, 0.4) is 0 Å². The molecule has 0 spiro atoms. The quantitative estimate of drug-likeness (QED) is 0.937. The number of likely N-dealkylation sites (tertiary alicyclic amines) is 1. The minimum Gasteiger partial charge on any atom is -0.478 e. The van der Waals surface area contributed by atoms with Crippen molar-refractivity contribution in [3.8, 4) is 11.3 Å². The van der Waals surface area contributed by atoms with Gasteiger partial charge >= 0.3 is 5.97 Å². The fraction of sp³-hybridized carbons (Fsp3) is 0.389. The van der Waals surface area contributed by atoms with Crippen LogP contribution in [0.2, 0.25) is 0 Å². The number of aromatic carboxylic acids is 1. The van der Waals surface area contributed by atoms with Gasteiger partial charge in [0.25, 0.3) is 0 Å². The molecule has 1 aromatic heterocycles. The van der Waals surface area contributed by atoms with Gasteiger partial charge in [0.2, 0.25) is 0 Å². The largest absolute Gasteiger partial charge is 0.478 e. The number of hydrogen-bond acceptors (Lipinski definition) is 4. The van der Waals surface area contributed by atoms with Gasteiger partial charge in [-0.1, -0.05) is 18.2 Å². The molecule has 0 bridgehead atoms. The summed E-state index contributed by atoms with van der Waals surface area (Å²) in [5, 5.41) is 9.37. The topological polar surface area (TPSA) is 66.3 Å². The van der Waals surface area contributed by atoms with Crippen LogP contribution in [0, 0.1) is 0 Å². The molecule has 1 aromatic carbocycles. The average Bonchev–Trinajstić information content (AvgIpc) is 3.05. The van der Waals surface area contributed by atoms with Crippen molar-refractivity contribution in [1.29, 1.82) is 0 Å². The number of aromatic nitrogens is 2. The highest BCUT2D eigenvalue weighted by Gasteiger charge is 2.29. The summed E-state index contributed by atoms with van der Waals surface area (Å²) in [6, 6.07) is 7.65. The fourth-order valence-corrected chi connectivity index (χ4v) is 3.29. The lowest BCUT2D eigenvalue weighted by Gasteiger charge is -2.27. The van der Waals surface area contributed by atoms with E-state index in [1.165, 1.54) is 0 Å². The van der Waals surface area contributed by atoms with Crippen LogP contribution >= 0.6 is 0 Å². The number of benzene rings is 1. The van der Waals surface area contributed by atoms with E-state index in [4.69, 9.17) is 4.98 Å². The summed E-state index contributed by atoms with van der Waals surface area (Å²) < 4.78 is 0. The van der Waals surface area contributed by atoms with Crippen LogP contribution in [-0.2, 0) is 0 Å². The highest BCUT2D eigenvalue weighted by molar-refractivity contribution is 5.95. The van der Waals surface area contributed by atoms with Crippen molar-refractivity contribution in [1.82, 2.24) is 14.9 Å². The highest BCUT2D eigenvalue weighted by atomic mass is 16.4. The number of carbonyl (C=O) groups is 1. The Morgan fingerprint density at radius 3 is 2.83 bits per heavy atom. The SMILES string of the molecule is CC(C)N1CCC[C@H]1c1cncc(-c2ccccc2C(=O)O)n1. The van der Waals surface area contributed by atoms with Crippen LogP contribution in [0.5, 0.6) is 0 Å².